The maximum atomic E-state index is 14.1. The number of alkyl halides is 3. The number of halogens is 3. The van der Waals surface area contributed by atoms with Crippen LogP contribution in [-0.2, 0) is 20.6 Å². The van der Waals surface area contributed by atoms with Crippen LogP contribution >= 0.6 is 0 Å². The Hall–Kier alpha value is -4.01. The summed E-state index contributed by atoms with van der Waals surface area (Å²) in [6.45, 7) is 12.8. The van der Waals surface area contributed by atoms with Gasteiger partial charge >= 0.3 is 6.18 Å². The van der Waals surface area contributed by atoms with Crippen LogP contribution in [0.5, 0.6) is 0 Å². The van der Waals surface area contributed by atoms with Crippen LogP contribution in [0, 0.1) is 17.3 Å². The van der Waals surface area contributed by atoms with Gasteiger partial charge < -0.3 is 10.2 Å². The molecule has 1 heterocycles. The average molecular weight is 568 g/mol. The zero-order valence-electron chi connectivity index (χ0n) is 23.8. The molecule has 218 valence electrons. The van der Waals surface area contributed by atoms with Crippen LogP contribution in [0.3, 0.4) is 0 Å². The number of hydrogen-bond donors (Lipinski definition) is 1. The highest BCUT2D eigenvalue weighted by molar-refractivity contribution is 6.20. The van der Waals surface area contributed by atoms with Crippen molar-refractivity contribution in [2.24, 2.45) is 22.2 Å². The molecule has 0 radical (unpaired) electrons. The number of rotatable bonds is 11. The number of amides is 2. The molecule has 1 aliphatic rings. The molecule has 2 aromatic carbocycles. The van der Waals surface area contributed by atoms with Crippen LogP contribution in [0.2, 0.25) is 0 Å². The van der Waals surface area contributed by atoms with Crippen LogP contribution in [-0.4, -0.2) is 36.5 Å². The van der Waals surface area contributed by atoms with E-state index in [0.29, 0.717) is 17.7 Å². The topological polar surface area (TPSA) is 78.8 Å². The number of nitrogens with one attached hydrogen (secondary N) is 1. The Balaban J connectivity index is 2.20. The average Bonchev–Trinajstić information content (AvgIpc) is 3.01. The minimum absolute atomic E-state index is 0.00796. The van der Waals surface area contributed by atoms with E-state index in [9.17, 15) is 27.6 Å². The number of fused-ring (bicyclic) bond motifs is 1. The van der Waals surface area contributed by atoms with E-state index in [1.807, 2.05) is 13.8 Å². The van der Waals surface area contributed by atoms with E-state index in [2.05, 4.69) is 23.5 Å². The van der Waals surface area contributed by atoms with Gasteiger partial charge in [0, 0.05) is 23.6 Å². The lowest BCUT2D eigenvalue weighted by molar-refractivity contribution is -0.141. The number of likely N-dealkylation sites (N-methyl/N-ethyl adjacent to an activating group) is 1. The van der Waals surface area contributed by atoms with Crippen molar-refractivity contribution >= 4 is 29.0 Å². The smallest absolute Gasteiger partial charge is 0.326 e. The Labute approximate surface area is 239 Å². The lowest BCUT2D eigenvalue weighted by Crippen LogP contribution is -2.52. The molecule has 0 aliphatic carbocycles. The van der Waals surface area contributed by atoms with Crippen molar-refractivity contribution in [3.63, 3.8) is 0 Å². The predicted molar refractivity (Wildman–Crippen MR) is 155 cm³/mol. The molecule has 9 heteroatoms. The molecule has 3 rings (SSSR count). The van der Waals surface area contributed by atoms with E-state index >= 15 is 0 Å². The van der Waals surface area contributed by atoms with Crippen LogP contribution in [0.1, 0.15) is 56.7 Å². The summed E-state index contributed by atoms with van der Waals surface area (Å²) in [5.41, 5.74) is -1.71. The van der Waals surface area contributed by atoms with Crippen molar-refractivity contribution in [3.8, 4) is 0 Å². The summed E-state index contributed by atoms with van der Waals surface area (Å²) in [7, 11) is 1.48. The highest BCUT2D eigenvalue weighted by atomic mass is 19.4. The standard InChI is InChI=1S/C32H36F3N3O3/c1-7-17-31(18-8-2,21(5)39)25(19-20(3)4)29(40)37-28-30(41)38(6)26-16-12-10-14-23(26)27(36-28)22-13-9-11-15-24(22)32(33,34)35/h7-16,20,25,28H,1-2,17-19H2,3-6H3,(H,37,40)/t25-,28?/m0/s1. The first kappa shape index (κ1) is 31.5. The summed E-state index contributed by atoms with van der Waals surface area (Å²) in [5.74, 6) is -2.32. The molecule has 0 aromatic heterocycles. The number of hydrogen-bond acceptors (Lipinski definition) is 4. The summed E-state index contributed by atoms with van der Waals surface area (Å²) in [6, 6.07) is 11.5. The second-order valence-corrected chi connectivity index (χ2v) is 10.7. The summed E-state index contributed by atoms with van der Waals surface area (Å²) in [5, 5.41) is 2.69. The molecule has 0 saturated heterocycles. The Kier molecular flexibility index (Phi) is 9.73. The summed E-state index contributed by atoms with van der Waals surface area (Å²) < 4.78 is 42.2. The highest BCUT2D eigenvalue weighted by Gasteiger charge is 2.46. The van der Waals surface area contributed by atoms with E-state index in [0.717, 1.165) is 6.07 Å². The predicted octanol–water partition coefficient (Wildman–Crippen LogP) is 6.35. The Morgan fingerprint density at radius 3 is 2.12 bits per heavy atom. The van der Waals surface area contributed by atoms with Crippen molar-refractivity contribution in [1.82, 2.24) is 5.32 Å². The molecule has 41 heavy (non-hydrogen) atoms. The number of para-hydroxylation sites is 1. The molecule has 6 nitrogen and oxygen atoms in total. The molecule has 2 atom stereocenters. The van der Waals surface area contributed by atoms with E-state index < -0.39 is 41.1 Å². The third-order valence-electron chi connectivity index (χ3n) is 7.52. The fraction of sp³-hybridized carbons (Fsp3) is 0.375. The number of benzene rings is 2. The molecule has 1 N–H and O–H groups in total. The molecular weight excluding hydrogens is 531 g/mol. The lowest BCUT2D eigenvalue weighted by Gasteiger charge is -2.38. The molecule has 0 spiro atoms. The number of carbonyl (C=O) groups excluding carboxylic acids is 3. The first-order chi connectivity index (χ1) is 19.3. The minimum Gasteiger partial charge on any atom is -0.326 e. The molecule has 1 aliphatic heterocycles. The van der Waals surface area contributed by atoms with Crippen molar-refractivity contribution in [3.05, 3.63) is 90.5 Å². The zero-order chi connectivity index (χ0) is 30.5. The number of nitrogens with zero attached hydrogens (tertiary/aromatic N) is 2. The van der Waals surface area contributed by atoms with Gasteiger partial charge in [0.1, 0.15) is 5.78 Å². The number of ketones is 1. The van der Waals surface area contributed by atoms with Crippen LogP contribution < -0.4 is 10.2 Å². The zero-order valence-corrected chi connectivity index (χ0v) is 23.8. The van der Waals surface area contributed by atoms with Crippen LogP contribution in [0.25, 0.3) is 0 Å². The first-order valence-corrected chi connectivity index (χ1v) is 13.4. The maximum absolute atomic E-state index is 14.1. The number of benzodiazepines with no additional fused rings is 1. The Morgan fingerprint density at radius 2 is 1.59 bits per heavy atom. The quantitative estimate of drug-likeness (QED) is 0.322. The van der Waals surface area contributed by atoms with Crippen molar-refractivity contribution < 1.29 is 27.6 Å². The summed E-state index contributed by atoms with van der Waals surface area (Å²) in [4.78, 5) is 46.5. The van der Waals surface area contributed by atoms with E-state index in [-0.39, 0.29) is 35.8 Å². The highest BCUT2D eigenvalue weighted by Crippen LogP contribution is 2.42. The molecule has 0 bridgehead atoms. The minimum atomic E-state index is -4.69. The van der Waals surface area contributed by atoms with Gasteiger partial charge in [0.2, 0.25) is 12.1 Å². The monoisotopic (exact) mass is 567 g/mol. The van der Waals surface area contributed by atoms with Gasteiger partial charge in [0.25, 0.3) is 5.91 Å². The lowest BCUT2D eigenvalue weighted by atomic mass is 9.65. The van der Waals surface area contributed by atoms with Crippen molar-refractivity contribution in [2.75, 3.05) is 11.9 Å². The second kappa shape index (κ2) is 12.7. The largest absolute Gasteiger partial charge is 0.417 e. The van der Waals surface area contributed by atoms with Crippen molar-refractivity contribution in [1.29, 1.82) is 0 Å². The Morgan fingerprint density at radius 1 is 1.02 bits per heavy atom. The van der Waals surface area contributed by atoms with Gasteiger partial charge in [-0.25, -0.2) is 4.99 Å². The van der Waals surface area contributed by atoms with Crippen LogP contribution in [0.15, 0.2) is 78.8 Å². The van der Waals surface area contributed by atoms with E-state index in [4.69, 9.17) is 0 Å². The summed E-state index contributed by atoms with van der Waals surface area (Å²) in [6.07, 6.45) is -2.34. The third-order valence-corrected chi connectivity index (χ3v) is 7.52. The first-order valence-electron chi connectivity index (χ1n) is 13.4. The molecule has 0 fully saturated rings. The van der Waals surface area contributed by atoms with Gasteiger partial charge in [-0.05, 0) is 44.2 Å². The van der Waals surface area contributed by atoms with Gasteiger partial charge in [-0.1, -0.05) is 62.4 Å². The summed E-state index contributed by atoms with van der Waals surface area (Å²) >= 11 is 0. The van der Waals surface area contributed by atoms with Gasteiger partial charge in [-0.2, -0.15) is 13.2 Å². The normalized spacial score (nSPS) is 16.4. The molecular formula is C32H36F3N3O3. The maximum Gasteiger partial charge on any atom is 0.417 e. The Bertz CT molecular complexity index is 1350. The number of aliphatic imine (C=N–C) groups is 1. The number of allylic oxidation sites excluding steroid dienone is 2. The number of anilines is 1. The fourth-order valence-corrected chi connectivity index (χ4v) is 5.47. The van der Waals surface area contributed by atoms with Crippen molar-refractivity contribution in [2.45, 2.75) is 52.4 Å². The van der Waals surface area contributed by atoms with E-state index in [1.165, 1.54) is 37.1 Å². The molecule has 2 amide bonds. The second-order valence-electron chi connectivity index (χ2n) is 10.7. The van der Waals surface area contributed by atoms with Crippen LogP contribution in [0.4, 0.5) is 18.9 Å². The number of Topliss-reactive ketones (excluding diaryl/α,β-unsaturated/α-hetero) is 1. The van der Waals surface area contributed by atoms with E-state index in [1.54, 1.807) is 36.4 Å². The van der Waals surface area contributed by atoms with Gasteiger partial charge in [-0.15, -0.1) is 13.2 Å². The van der Waals surface area contributed by atoms with Gasteiger partial charge in [0.05, 0.1) is 22.9 Å². The molecule has 1 unspecified atom stereocenters. The fourth-order valence-electron chi connectivity index (χ4n) is 5.47. The van der Waals surface area contributed by atoms with Gasteiger partial charge in [-0.3, -0.25) is 14.4 Å². The molecule has 2 aromatic rings. The van der Waals surface area contributed by atoms with Gasteiger partial charge in [0.15, 0.2) is 0 Å². The SMILES string of the molecule is C=CCC(CC=C)(C(C)=O)[C@@H](CC(C)C)C(=O)NC1N=C(c2ccccc2C(F)(F)F)c2ccccc2N(C)C1=O. The number of carbonyl (C=O) groups is 3. The molecule has 0 saturated carbocycles. The third kappa shape index (κ3) is 6.50.